The molecule has 0 radical (unpaired) electrons. The Balaban J connectivity index is 2.22. The molecular formula is C17H20N2O2. The summed E-state index contributed by atoms with van der Waals surface area (Å²) < 4.78 is 0. The molecule has 4 heteroatoms. The summed E-state index contributed by atoms with van der Waals surface area (Å²) in [5.41, 5.74) is 2.50. The summed E-state index contributed by atoms with van der Waals surface area (Å²) in [5, 5.41) is 11.6. The summed E-state index contributed by atoms with van der Waals surface area (Å²) in [6.45, 7) is 0.546. The molecule has 0 atom stereocenters. The van der Waals surface area contributed by atoms with Gasteiger partial charge in [-0.25, -0.2) is 0 Å². The van der Waals surface area contributed by atoms with E-state index in [1.807, 2.05) is 66.5 Å². The molecule has 2 aromatic carbocycles. The van der Waals surface area contributed by atoms with Crippen LogP contribution in [0.1, 0.15) is 16.8 Å². The number of aliphatic hydroxyl groups is 1. The molecule has 2 rings (SSSR count). The second-order valence-electron chi connectivity index (χ2n) is 4.74. The van der Waals surface area contributed by atoms with Crippen molar-refractivity contribution in [2.24, 2.45) is 0 Å². The van der Waals surface area contributed by atoms with Gasteiger partial charge in [-0.2, -0.15) is 0 Å². The maximum absolute atomic E-state index is 12.3. The lowest BCUT2D eigenvalue weighted by Crippen LogP contribution is -2.27. The molecule has 0 bridgehead atoms. The average molecular weight is 284 g/mol. The van der Waals surface area contributed by atoms with Crippen LogP contribution < -0.4 is 10.2 Å². The van der Waals surface area contributed by atoms with E-state index in [1.165, 1.54) is 0 Å². The van der Waals surface area contributed by atoms with Crippen LogP contribution in [0.4, 0.5) is 11.4 Å². The summed E-state index contributed by atoms with van der Waals surface area (Å²) in [5.74, 6) is -0.123. The Bertz CT molecular complexity index is 584. The molecule has 0 unspecified atom stereocenters. The lowest BCUT2D eigenvalue weighted by Gasteiger charge is -2.22. The van der Waals surface area contributed by atoms with E-state index in [4.69, 9.17) is 5.11 Å². The number of hydrogen-bond donors (Lipinski definition) is 2. The molecule has 0 saturated heterocycles. The zero-order chi connectivity index (χ0) is 15.1. The van der Waals surface area contributed by atoms with Gasteiger partial charge < -0.3 is 15.3 Å². The normalized spacial score (nSPS) is 10.2. The fourth-order valence-corrected chi connectivity index (χ4v) is 2.13. The van der Waals surface area contributed by atoms with E-state index in [9.17, 15) is 4.79 Å². The highest BCUT2D eigenvalue weighted by Crippen LogP contribution is 2.26. The third kappa shape index (κ3) is 3.83. The standard InChI is InChI=1S/C17H20N2O2/c1-19(14-8-3-2-4-9-14)16-11-6-5-10-15(16)17(21)18-12-7-13-20/h2-6,8-11,20H,7,12-13H2,1H3,(H,18,21). The molecule has 0 fully saturated rings. The van der Waals surface area contributed by atoms with Crippen LogP contribution in [-0.4, -0.2) is 31.2 Å². The molecule has 2 N–H and O–H groups in total. The zero-order valence-corrected chi connectivity index (χ0v) is 12.1. The largest absolute Gasteiger partial charge is 0.396 e. The number of para-hydroxylation sites is 2. The van der Waals surface area contributed by atoms with Crippen LogP contribution in [0.3, 0.4) is 0 Å². The van der Waals surface area contributed by atoms with Crippen molar-refractivity contribution in [2.75, 3.05) is 25.1 Å². The number of hydrogen-bond acceptors (Lipinski definition) is 3. The fourth-order valence-electron chi connectivity index (χ4n) is 2.13. The van der Waals surface area contributed by atoms with Crippen molar-refractivity contribution in [3.05, 3.63) is 60.2 Å². The smallest absolute Gasteiger partial charge is 0.253 e. The molecule has 110 valence electrons. The fraction of sp³-hybridized carbons (Fsp3) is 0.235. The molecule has 0 aromatic heterocycles. The summed E-state index contributed by atoms with van der Waals surface area (Å²) in [7, 11) is 1.94. The van der Waals surface area contributed by atoms with Gasteiger partial charge in [-0.3, -0.25) is 4.79 Å². The topological polar surface area (TPSA) is 52.6 Å². The molecular weight excluding hydrogens is 264 g/mol. The highest BCUT2D eigenvalue weighted by atomic mass is 16.3. The van der Waals surface area contributed by atoms with Crippen LogP contribution in [-0.2, 0) is 0 Å². The van der Waals surface area contributed by atoms with Gasteiger partial charge in [0.15, 0.2) is 0 Å². The summed E-state index contributed by atoms with van der Waals surface area (Å²) in [4.78, 5) is 14.2. The van der Waals surface area contributed by atoms with E-state index in [0.717, 1.165) is 11.4 Å². The minimum atomic E-state index is -0.123. The van der Waals surface area contributed by atoms with E-state index >= 15 is 0 Å². The quantitative estimate of drug-likeness (QED) is 0.802. The van der Waals surface area contributed by atoms with E-state index in [1.54, 1.807) is 0 Å². The second-order valence-corrected chi connectivity index (χ2v) is 4.74. The number of aliphatic hydroxyl groups excluding tert-OH is 1. The highest BCUT2D eigenvalue weighted by molar-refractivity contribution is 6.00. The molecule has 4 nitrogen and oxygen atoms in total. The Morgan fingerprint density at radius 1 is 1.10 bits per heavy atom. The lowest BCUT2D eigenvalue weighted by atomic mass is 10.1. The van der Waals surface area contributed by atoms with E-state index < -0.39 is 0 Å². The number of carbonyl (C=O) groups is 1. The van der Waals surface area contributed by atoms with Crippen molar-refractivity contribution in [1.29, 1.82) is 0 Å². The Morgan fingerprint density at radius 3 is 2.48 bits per heavy atom. The van der Waals surface area contributed by atoms with Gasteiger partial charge >= 0.3 is 0 Å². The Morgan fingerprint density at radius 2 is 1.76 bits per heavy atom. The summed E-state index contributed by atoms with van der Waals surface area (Å²) >= 11 is 0. The molecule has 0 aliphatic carbocycles. The van der Waals surface area contributed by atoms with Gasteiger partial charge in [-0.15, -0.1) is 0 Å². The van der Waals surface area contributed by atoms with Crippen molar-refractivity contribution < 1.29 is 9.90 Å². The minimum Gasteiger partial charge on any atom is -0.396 e. The van der Waals surface area contributed by atoms with Crippen molar-refractivity contribution in [3.8, 4) is 0 Å². The van der Waals surface area contributed by atoms with Crippen molar-refractivity contribution >= 4 is 17.3 Å². The van der Waals surface area contributed by atoms with Gasteiger partial charge in [0.2, 0.25) is 0 Å². The van der Waals surface area contributed by atoms with E-state index in [2.05, 4.69) is 5.32 Å². The predicted molar refractivity (Wildman–Crippen MR) is 85.0 cm³/mol. The first kappa shape index (κ1) is 15.1. The number of carbonyl (C=O) groups excluding carboxylic acids is 1. The van der Waals surface area contributed by atoms with Gasteiger partial charge in [0.05, 0.1) is 11.3 Å². The zero-order valence-electron chi connectivity index (χ0n) is 12.1. The maximum Gasteiger partial charge on any atom is 0.253 e. The van der Waals surface area contributed by atoms with Crippen LogP contribution in [0.25, 0.3) is 0 Å². The number of nitrogens with one attached hydrogen (secondary N) is 1. The number of nitrogens with zero attached hydrogens (tertiary/aromatic N) is 1. The Kier molecular flexibility index (Phi) is 5.35. The van der Waals surface area contributed by atoms with Crippen molar-refractivity contribution in [2.45, 2.75) is 6.42 Å². The number of amides is 1. The van der Waals surface area contributed by atoms with Crippen molar-refractivity contribution in [1.82, 2.24) is 5.32 Å². The van der Waals surface area contributed by atoms with Crippen LogP contribution in [0, 0.1) is 0 Å². The first-order chi connectivity index (χ1) is 10.2. The van der Waals surface area contributed by atoms with Crippen LogP contribution in [0.2, 0.25) is 0 Å². The molecule has 1 amide bonds. The molecule has 0 heterocycles. The minimum absolute atomic E-state index is 0.0752. The third-order valence-electron chi connectivity index (χ3n) is 3.27. The van der Waals surface area contributed by atoms with Gasteiger partial charge in [-0.05, 0) is 30.7 Å². The molecule has 0 aliphatic heterocycles. The number of rotatable bonds is 6. The summed E-state index contributed by atoms with van der Waals surface area (Å²) in [6, 6.07) is 17.4. The van der Waals surface area contributed by atoms with Crippen molar-refractivity contribution in [3.63, 3.8) is 0 Å². The SMILES string of the molecule is CN(c1ccccc1)c1ccccc1C(=O)NCCCO. The van der Waals surface area contributed by atoms with Crippen LogP contribution in [0.5, 0.6) is 0 Å². The van der Waals surface area contributed by atoms with Crippen LogP contribution >= 0.6 is 0 Å². The van der Waals surface area contributed by atoms with E-state index in [-0.39, 0.29) is 12.5 Å². The van der Waals surface area contributed by atoms with Gasteiger partial charge in [0.1, 0.15) is 0 Å². The summed E-state index contributed by atoms with van der Waals surface area (Å²) in [6.07, 6.45) is 0.558. The third-order valence-corrected chi connectivity index (χ3v) is 3.27. The van der Waals surface area contributed by atoms with Gasteiger partial charge in [-0.1, -0.05) is 30.3 Å². The lowest BCUT2D eigenvalue weighted by molar-refractivity contribution is 0.0952. The molecule has 0 spiro atoms. The number of benzene rings is 2. The highest BCUT2D eigenvalue weighted by Gasteiger charge is 2.14. The first-order valence-electron chi connectivity index (χ1n) is 7.01. The Hall–Kier alpha value is -2.33. The Labute approximate surface area is 125 Å². The molecule has 2 aromatic rings. The van der Waals surface area contributed by atoms with Gasteiger partial charge in [0.25, 0.3) is 5.91 Å². The molecule has 0 saturated carbocycles. The van der Waals surface area contributed by atoms with E-state index in [0.29, 0.717) is 18.5 Å². The predicted octanol–water partition coefficient (Wildman–Crippen LogP) is 2.57. The van der Waals surface area contributed by atoms with Gasteiger partial charge in [0, 0.05) is 25.9 Å². The second kappa shape index (κ2) is 7.45. The average Bonchev–Trinajstić information content (AvgIpc) is 2.55. The van der Waals surface area contributed by atoms with Crippen LogP contribution in [0.15, 0.2) is 54.6 Å². The first-order valence-corrected chi connectivity index (χ1v) is 7.01. The monoisotopic (exact) mass is 284 g/mol. The molecule has 0 aliphatic rings. The molecule has 21 heavy (non-hydrogen) atoms. The maximum atomic E-state index is 12.3. The number of anilines is 2.